The van der Waals surface area contributed by atoms with Crippen LogP contribution >= 0.6 is 0 Å². The van der Waals surface area contributed by atoms with E-state index in [4.69, 9.17) is 5.73 Å². The molecule has 1 heterocycles. The number of carbonyl (C=O) groups excluding carboxylic acids is 1. The van der Waals surface area contributed by atoms with Crippen LogP contribution in [0.15, 0.2) is 24.3 Å². The number of nitrogens with two attached hydrogens (primary N) is 1. The molecule has 1 aromatic carbocycles. The molecule has 0 spiro atoms. The second-order valence-corrected chi connectivity index (χ2v) is 4.21. The molecule has 1 fully saturated rings. The number of carbonyl (C=O) groups is 1. The Hall–Kier alpha value is -1.35. The average molecular weight is 204 g/mol. The fraction of sp³-hybridized carbons (Fsp3) is 0.417. The molecule has 0 bridgehead atoms. The van der Waals surface area contributed by atoms with Gasteiger partial charge in [-0.3, -0.25) is 4.79 Å². The quantitative estimate of drug-likeness (QED) is 0.753. The molecule has 0 aliphatic carbocycles. The van der Waals surface area contributed by atoms with Gasteiger partial charge < -0.3 is 11.1 Å². The van der Waals surface area contributed by atoms with Crippen LogP contribution in [0.4, 0.5) is 0 Å². The lowest BCUT2D eigenvalue weighted by atomic mass is 9.95. The molecule has 1 amide bonds. The molecule has 0 radical (unpaired) electrons. The standard InChI is InChI=1S/C12H16N2O/c1-8-3-2-4-9(5-8)10-6-11(12(13)15)14-7-10/h2-5,10-11,14H,6-7H2,1H3,(H2,13,15). The SMILES string of the molecule is Cc1cccc(C2CNC(C(N)=O)C2)c1. The normalized spacial score (nSPS) is 25.4. The molecule has 3 heteroatoms. The fourth-order valence-corrected chi connectivity index (χ4v) is 2.13. The van der Waals surface area contributed by atoms with Gasteiger partial charge in [0.2, 0.25) is 5.91 Å². The lowest BCUT2D eigenvalue weighted by molar-refractivity contribution is -0.119. The van der Waals surface area contributed by atoms with E-state index >= 15 is 0 Å². The minimum Gasteiger partial charge on any atom is -0.368 e. The van der Waals surface area contributed by atoms with Gasteiger partial charge in [0, 0.05) is 6.54 Å². The van der Waals surface area contributed by atoms with Crippen molar-refractivity contribution in [2.45, 2.75) is 25.3 Å². The van der Waals surface area contributed by atoms with Crippen LogP contribution in [0.25, 0.3) is 0 Å². The van der Waals surface area contributed by atoms with Gasteiger partial charge in [-0.25, -0.2) is 0 Å². The Kier molecular flexibility index (Phi) is 2.73. The van der Waals surface area contributed by atoms with E-state index in [2.05, 4.69) is 36.5 Å². The third-order valence-corrected chi connectivity index (χ3v) is 2.99. The van der Waals surface area contributed by atoms with Crippen LogP contribution in [0.3, 0.4) is 0 Å². The summed E-state index contributed by atoms with van der Waals surface area (Å²) in [6, 6.07) is 8.27. The topological polar surface area (TPSA) is 55.1 Å². The number of amides is 1. The number of primary amides is 1. The van der Waals surface area contributed by atoms with Crippen LogP contribution in [0, 0.1) is 6.92 Å². The van der Waals surface area contributed by atoms with Crippen molar-refractivity contribution in [2.75, 3.05) is 6.54 Å². The molecule has 3 N–H and O–H groups in total. The summed E-state index contributed by atoms with van der Waals surface area (Å²) in [5, 5.41) is 3.15. The van der Waals surface area contributed by atoms with Gasteiger partial charge in [-0.15, -0.1) is 0 Å². The molecule has 2 unspecified atom stereocenters. The Balaban J connectivity index is 2.11. The summed E-state index contributed by atoms with van der Waals surface area (Å²) in [6.45, 7) is 2.93. The predicted octanol–water partition coefficient (Wildman–Crippen LogP) is 0.926. The van der Waals surface area contributed by atoms with E-state index in [0.717, 1.165) is 13.0 Å². The van der Waals surface area contributed by atoms with Crippen molar-refractivity contribution in [3.05, 3.63) is 35.4 Å². The summed E-state index contributed by atoms with van der Waals surface area (Å²) in [6.07, 6.45) is 0.818. The Morgan fingerprint density at radius 2 is 2.33 bits per heavy atom. The molecule has 80 valence electrons. The van der Waals surface area contributed by atoms with Crippen LogP contribution in [-0.2, 0) is 4.79 Å². The van der Waals surface area contributed by atoms with E-state index in [9.17, 15) is 4.79 Å². The highest BCUT2D eigenvalue weighted by molar-refractivity contribution is 5.80. The third-order valence-electron chi connectivity index (χ3n) is 2.99. The maximum absolute atomic E-state index is 11.0. The largest absolute Gasteiger partial charge is 0.368 e. The molecule has 2 rings (SSSR count). The summed E-state index contributed by atoms with van der Waals surface area (Å²) in [5.41, 5.74) is 7.82. The van der Waals surface area contributed by atoms with E-state index in [0.29, 0.717) is 5.92 Å². The Morgan fingerprint density at radius 1 is 1.53 bits per heavy atom. The molecular weight excluding hydrogens is 188 g/mol. The zero-order valence-corrected chi connectivity index (χ0v) is 8.86. The zero-order chi connectivity index (χ0) is 10.8. The highest BCUT2D eigenvalue weighted by Gasteiger charge is 2.28. The summed E-state index contributed by atoms with van der Waals surface area (Å²) >= 11 is 0. The van der Waals surface area contributed by atoms with Gasteiger partial charge in [0.25, 0.3) is 0 Å². The molecule has 1 aliphatic rings. The van der Waals surface area contributed by atoms with E-state index in [1.165, 1.54) is 11.1 Å². The number of aryl methyl sites for hydroxylation is 1. The van der Waals surface area contributed by atoms with Gasteiger partial charge in [0.15, 0.2) is 0 Å². The van der Waals surface area contributed by atoms with Gasteiger partial charge in [-0.2, -0.15) is 0 Å². The predicted molar refractivity (Wildman–Crippen MR) is 59.5 cm³/mol. The Morgan fingerprint density at radius 3 is 2.93 bits per heavy atom. The molecule has 3 nitrogen and oxygen atoms in total. The maximum atomic E-state index is 11.0. The minimum absolute atomic E-state index is 0.157. The van der Waals surface area contributed by atoms with Gasteiger partial charge >= 0.3 is 0 Å². The molecule has 1 aromatic rings. The van der Waals surface area contributed by atoms with Gasteiger partial charge in [-0.1, -0.05) is 29.8 Å². The summed E-state index contributed by atoms with van der Waals surface area (Å²) in [5.74, 6) is 0.174. The summed E-state index contributed by atoms with van der Waals surface area (Å²) in [4.78, 5) is 11.0. The fourth-order valence-electron chi connectivity index (χ4n) is 2.13. The average Bonchev–Trinajstić information content (AvgIpc) is 2.66. The van der Waals surface area contributed by atoms with Crippen LogP contribution in [0.2, 0.25) is 0 Å². The second kappa shape index (κ2) is 4.03. The number of nitrogens with one attached hydrogen (secondary N) is 1. The minimum atomic E-state index is -0.245. The zero-order valence-electron chi connectivity index (χ0n) is 8.86. The van der Waals surface area contributed by atoms with Crippen molar-refractivity contribution in [2.24, 2.45) is 5.73 Å². The van der Waals surface area contributed by atoms with E-state index in [1.54, 1.807) is 0 Å². The first-order valence-electron chi connectivity index (χ1n) is 5.26. The van der Waals surface area contributed by atoms with Crippen molar-refractivity contribution >= 4 is 5.91 Å². The smallest absolute Gasteiger partial charge is 0.234 e. The van der Waals surface area contributed by atoms with Crippen molar-refractivity contribution in [3.63, 3.8) is 0 Å². The van der Waals surface area contributed by atoms with Gasteiger partial charge in [-0.05, 0) is 24.8 Å². The van der Waals surface area contributed by atoms with Crippen LogP contribution in [0.5, 0.6) is 0 Å². The number of hydrogen-bond acceptors (Lipinski definition) is 2. The molecular formula is C12H16N2O. The molecule has 2 atom stereocenters. The van der Waals surface area contributed by atoms with Crippen molar-refractivity contribution in [1.29, 1.82) is 0 Å². The third kappa shape index (κ3) is 2.18. The van der Waals surface area contributed by atoms with Gasteiger partial charge in [0.05, 0.1) is 6.04 Å². The lowest BCUT2D eigenvalue weighted by Gasteiger charge is -2.09. The Labute approximate surface area is 89.7 Å². The first kappa shape index (κ1) is 10.2. The monoisotopic (exact) mass is 204 g/mol. The molecule has 0 aromatic heterocycles. The van der Waals surface area contributed by atoms with Gasteiger partial charge in [0.1, 0.15) is 0 Å². The number of benzene rings is 1. The van der Waals surface area contributed by atoms with Crippen molar-refractivity contribution in [1.82, 2.24) is 5.32 Å². The Bertz CT molecular complexity index is 376. The molecule has 0 saturated carbocycles. The van der Waals surface area contributed by atoms with E-state index < -0.39 is 0 Å². The van der Waals surface area contributed by atoms with E-state index in [-0.39, 0.29) is 11.9 Å². The highest BCUT2D eigenvalue weighted by Crippen LogP contribution is 2.25. The number of rotatable bonds is 2. The van der Waals surface area contributed by atoms with Crippen LogP contribution < -0.4 is 11.1 Å². The lowest BCUT2D eigenvalue weighted by Crippen LogP contribution is -2.36. The van der Waals surface area contributed by atoms with Crippen molar-refractivity contribution in [3.8, 4) is 0 Å². The first-order chi connectivity index (χ1) is 7.16. The van der Waals surface area contributed by atoms with E-state index in [1.807, 2.05) is 0 Å². The summed E-state index contributed by atoms with van der Waals surface area (Å²) in [7, 11) is 0. The maximum Gasteiger partial charge on any atom is 0.234 e. The second-order valence-electron chi connectivity index (χ2n) is 4.21. The van der Waals surface area contributed by atoms with Crippen LogP contribution in [0.1, 0.15) is 23.5 Å². The number of hydrogen-bond donors (Lipinski definition) is 2. The van der Waals surface area contributed by atoms with Crippen LogP contribution in [-0.4, -0.2) is 18.5 Å². The summed E-state index contributed by atoms with van der Waals surface area (Å²) < 4.78 is 0. The molecule has 1 saturated heterocycles. The molecule has 15 heavy (non-hydrogen) atoms. The van der Waals surface area contributed by atoms with Crippen molar-refractivity contribution < 1.29 is 4.79 Å². The first-order valence-corrected chi connectivity index (χ1v) is 5.26. The molecule has 1 aliphatic heterocycles. The highest BCUT2D eigenvalue weighted by atomic mass is 16.1.